The summed E-state index contributed by atoms with van der Waals surface area (Å²) >= 11 is 6.10. The Morgan fingerprint density at radius 1 is 1.11 bits per heavy atom. The molecule has 1 saturated carbocycles. The van der Waals surface area contributed by atoms with Crippen LogP contribution in [-0.4, -0.2) is 73.0 Å². The minimum absolute atomic E-state index is 0.0177. The second kappa shape index (κ2) is 8.70. The molecule has 2 aliphatic heterocycles. The number of rotatable bonds is 4. The first-order valence-electron chi connectivity index (χ1n) is 10.4. The maximum Gasteiger partial charge on any atom is 0.237 e. The second-order valence-corrected chi connectivity index (χ2v) is 8.47. The van der Waals surface area contributed by atoms with Gasteiger partial charge in [-0.1, -0.05) is 30.5 Å². The largest absolute Gasteiger partial charge is 0.368 e. The Hall–Kier alpha value is -1.79. The van der Waals surface area contributed by atoms with Gasteiger partial charge in [0.2, 0.25) is 11.8 Å². The van der Waals surface area contributed by atoms with Gasteiger partial charge in [0.25, 0.3) is 0 Å². The number of anilines is 1. The normalized spacial score (nSPS) is 24.5. The van der Waals surface area contributed by atoms with Crippen LogP contribution in [0.25, 0.3) is 0 Å². The van der Waals surface area contributed by atoms with Crippen LogP contribution in [0.1, 0.15) is 32.1 Å². The van der Waals surface area contributed by atoms with Crippen LogP contribution in [0.15, 0.2) is 24.3 Å². The van der Waals surface area contributed by atoms with E-state index in [1.807, 2.05) is 23.1 Å². The highest BCUT2D eigenvalue weighted by molar-refractivity contribution is 6.30. The lowest BCUT2D eigenvalue weighted by atomic mass is 10.0. The van der Waals surface area contributed by atoms with Crippen LogP contribution in [0.2, 0.25) is 5.02 Å². The van der Waals surface area contributed by atoms with Crippen molar-refractivity contribution in [3.05, 3.63) is 29.3 Å². The summed E-state index contributed by atoms with van der Waals surface area (Å²) in [7, 11) is 0. The zero-order chi connectivity index (χ0) is 19.5. The van der Waals surface area contributed by atoms with Crippen LogP contribution in [0.5, 0.6) is 0 Å². The monoisotopic (exact) mass is 404 g/mol. The molecule has 1 atom stereocenters. The third-order valence-corrected chi connectivity index (χ3v) is 6.57. The van der Waals surface area contributed by atoms with E-state index >= 15 is 0 Å². The van der Waals surface area contributed by atoms with Crippen molar-refractivity contribution in [2.24, 2.45) is 0 Å². The zero-order valence-electron chi connectivity index (χ0n) is 16.3. The summed E-state index contributed by atoms with van der Waals surface area (Å²) in [6, 6.07) is 7.99. The third kappa shape index (κ3) is 4.28. The van der Waals surface area contributed by atoms with E-state index in [1.165, 1.54) is 12.8 Å². The lowest BCUT2D eigenvalue weighted by Gasteiger charge is -2.41. The Balaban J connectivity index is 1.35. The summed E-state index contributed by atoms with van der Waals surface area (Å²) < 4.78 is 0. The van der Waals surface area contributed by atoms with Crippen molar-refractivity contribution >= 4 is 29.1 Å². The number of carbonyl (C=O) groups excluding carboxylic acids is 2. The maximum absolute atomic E-state index is 12.9. The van der Waals surface area contributed by atoms with E-state index in [2.05, 4.69) is 21.2 Å². The number of amides is 2. The second-order valence-electron chi connectivity index (χ2n) is 8.03. The molecular weight excluding hydrogens is 376 g/mol. The summed E-state index contributed by atoms with van der Waals surface area (Å²) in [5.74, 6) is 0.111. The molecule has 7 heteroatoms. The Labute approximate surface area is 171 Å². The molecule has 2 amide bonds. The van der Waals surface area contributed by atoms with E-state index in [9.17, 15) is 9.59 Å². The number of hydrogen-bond donors (Lipinski definition) is 1. The molecule has 1 aromatic carbocycles. The van der Waals surface area contributed by atoms with Crippen LogP contribution in [0.4, 0.5) is 5.69 Å². The number of halogens is 1. The fourth-order valence-corrected chi connectivity index (χ4v) is 4.98. The van der Waals surface area contributed by atoms with Crippen molar-refractivity contribution in [2.75, 3.05) is 44.2 Å². The van der Waals surface area contributed by atoms with Crippen LogP contribution < -0.4 is 10.2 Å². The number of nitrogens with zero attached hydrogens (tertiary/aromatic N) is 3. The van der Waals surface area contributed by atoms with Crippen LogP contribution in [0, 0.1) is 0 Å². The molecule has 4 rings (SSSR count). The van der Waals surface area contributed by atoms with E-state index < -0.39 is 0 Å². The summed E-state index contributed by atoms with van der Waals surface area (Å²) in [5.41, 5.74) is 1.10. The van der Waals surface area contributed by atoms with Crippen molar-refractivity contribution in [3.63, 3.8) is 0 Å². The fraction of sp³-hybridized carbons (Fsp3) is 0.619. The SMILES string of the molecule is O=C1NCCN(C2CCCC2)[C@@H]1CC(=O)N1CCN(c2cccc(Cl)c2)CC1. The molecule has 152 valence electrons. The fourth-order valence-electron chi connectivity index (χ4n) is 4.80. The molecule has 1 aromatic rings. The van der Waals surface area contributed by atoms with Crippen molar-refractivity contribution in [1.29, 1.82) is 0 Å². The molecule has 0 unspecified atom stereocenters. The van der Waals surface area contributed by atoms with Gasteiger partial charge in [0.05, 0.1) is 12.5 Å². The quantitative estimate of drug-likeness (QED) is 0.835. The Bertz CT molecular complexity index is 714. The first-order valence-corrected chi connectivity index (χ1v) is 10.8. The summed E-state index contributed by atoms with van der Waals surface area (Å²) in [4.78, 5) is 31.9. The van der Waals surface area contributed by atoms with Gasteiger partial charge in [-0.15, -0.1) is 0 Å². The molecule has 1 N–H and O–H groups in total. The van der Waals surface area contributed by atoms with Crippen molar-refractivity contribution in [3.8, 4) is 0 Å². The van der Waals surface area contributed by atoms with E-state index in [4.69, 9.17) is 11.6 Å². The highest BCUT2D eigenvalue weighted by atomic mass is 35.5. The summed E-state index contributed by atoms with van der Waals surface area (Å²) in [5, 5.41) is 3.68. The van der Waals surface area contributed by atoms with E-state index in [-0.39, 0.29) is 17.9 Å². The maximum atomic E-state index is 12.9. The summed E-state index contributed by atoms with van der Waals surface area (Å²) in [6.45, 7) is 4.49. The first-order chi connectivity index (χ1) is 13.6. The predicted octanol–water partition coefficient (Wildman–Crippen LogP) is 2.12. The smallest absolute Gasteiger partial charge is 0.237 e. The number of carbonyl (C=O) groups is 2. The van der Waals surface area contributed by atoms with Crippen LogP contribution >= 0.6 is 11.6 Å². The number of benzene rings is 1. The Kier molecular flexibility index (Phi) is 6.07. The topological polar surface area (TPSA) is 55.9 Å². The predicted molar refractivity (Wildman–Crippen MR) is 111 cm³/mol. The standard InChI is InChI=1S/C21H29ClN4O2/c22-16-4-3-7-18(14-16)24-10-12-25(13-11-24)20(27)15-19-21(28)23-8-9-26(19)17-5-1-2-6-17/h3-4,7,14,17,19H,1-2,5-6,8-13,15H2,(H,23,28)/t19-/m1/s1. The molecule has 6 nitrogen and oxygen atoms in total. The highest BCUT2D eigenvalue weighted by Gasteiger charge is 2.37. The lowest BCUT2D eigenvalue weighted by Crippen LogP contribution is -2.59. The van der Waals surface area contributed by atoms with E-state index in [0.29, 0.717) is 32.1 Å². The molecule has 2 heterocycles. The molecular formula is C21H29ClN4O2. The Morgan fingerprint density at radius 3 is 2.57 bits per heavy atom. The molecule has 2 saturated heterocycles. The minimum Gasteiger partial charge on any atom is -0.368 e. The molecule has 3 aliphatic rings. The van der Waals surface area contributed by atoms with Crippen molar-refractivity contribution in [2.45, 2.75) is 44.2 Å². The molecule has 0 radical (unpaired) electrons. The average molecular weight is 405 g/mol. The highest BCUT2D eigenvalue weighted by Crippen LogP contribution is 2.27. The van der Waals surface area contributed by atoms with E-state index in [0.717, 1.165) is 43.2 Å². The lowest BCUT2D eigenvalue weighted by molar-refractivity contribution is -0.140. The van der Waals surface area contributed by atoms with Gasteiger partial charge >= 0.3 is 0 Å². The number of piperazine rings is 2. The molecule has 3 fully saturated rings. The molecule has 28 heavy (non-hydrogen) atoms. The number of nitrogens with one attached hydrogen (secondary N) is 1. The third-order valence-electron chi connectivity index (χ3n) is 6.34. The number of hydrogen-bond acceptors (Lipinski definition) is 4. The molecule has 0 spiro atoms. The van der Waals surface area contributed by atoms with Gasteiger partial charge in [-0.2, -0.15) is 0 Å². The van der Waals surface area contributed by atoms with Gasteiger partial charge < -0.3 is 15.1 Å². The molecule has 1 aliphatic carbocycles. The molecule has 0 aromatic heterocycles. The van der Waals surface area contributed by atoms with E-state index in [1.54, 1.807) is 0 Å². The van der Waals surface area contributed by atoms with Crippen molar-refractivity contribution in [1.82, 2.24) is 15.1 Å². The Morgan fingerprint density at radius 2 is 1.86 bits per heavy atom. The minimum atomic E-state index is -0.310. The van der Waals surface area contributed by atoms with Gasteiger partial charge in [-0.05, 0) is 31.0 Å². The van der Waals surface area contributed by atoms with Crippen molar-refractivity contribution < 1.29 is 9.59 Å². The summed E-state index contributed by atoms with van der Waals surface area (Å²) in [6.07, 6.45) is 5.05. The van der Waals surface area contributed by atoms with Gasteiger partial charge in [-0.3, -0.25) is 14.5 Å². The van der Waals surface area contributed by atoms with Crippen LogP contribution in [0.3, 0.4) is 0 Å². The zero-order valence-corrected chi connectivity index (χ0v) is 17.0. The van der Waals surface area contributed by atoms with Crippen LogP contribution in [-0.2, 0) is 9.59 Å². The first kappa shape index (κ1) is 19.5. The van der Waals surface area contributed by atoms with Gasteiger partial charge in [0, 0.05) is 56.0 Å². The van der Waals surface area contributed by atoms with Gasteiger partial charge in [0.1, 0.15) is 0 Å². The van der Waals surface area contributed by atoms with Gasteiger partial charge in [0.15, 0.2) is 0 Å². The molecule has 0 bridgehead atoms. The van der Waals surface area contributed by atoms with Gasteiger partial charge in [-0.25, -0.2) is 0 Å². The average Bonchev–Trinajstić information content (AvgIpc) is 3.24.